The molecule has 0 nitrogen and oxygen atoms in total. The Hall–Kier alpha value is -0.260. The summed E-state index contributed by atoms with van der Waals surface area (Å²) in [6.45, 7) is 5.98. The van der Waals surface area contributed by atoms with Gasteiger partial charge in [0, 0.05) is 0 Å². The predicted octanol–water partition coefficient (Wildman–Crippen LogP) is 2.22. The average Bonchev–Trinajstić information content (AvgIpc) is 2.22. The van der Waals surface area contributed by atoms with Crippen LogP contribution in [0.25, 0.3) is 0 Å². The second-order valence-corrected chi connectivity index (χ2v) is 2.50. The minimum absolute atomic E-state index is 0.998. The highest BCUT2D eigenvalue weighted by Gasteiger charge is 2.30. The highest BCUT2D eigenvalue weighted by atomic mass is 14.4. The molecule has 0 spiro atoms. The van der Waals surface area contributed by atoms with E-state index in [1.165, 1.54) is 12.8 Å². The molecule has 0 amide bonds. The molecule has 0 heterocycles. The van der Waals surface area contributed by atoms with Crippen LogP contribution in [-0.2, 0) is 0 Å². The second kappa shape index (κ2) is 1.69. The Morgan fingerprint density at radius 1 is 1.86 bits per heavy atom. The first-order chi connectivity index (χ1) is 3.34. The zero-order valence-electron chi connectivity index (χ0n) is 4.85. The molecule has 1 aliphatic rings. The Kier molecular flexibility index (Phi) is 1.18. The third-order valence-electron chi connectivity index (χ3n) is 1.75. The first kappa shape index (κ1) is 4.89. The summed E-state index contributed by atoms with van der Waals surface area (Å²) in [5.74, 6) is 2.00. The summed E-state index contributed by atoms with van der Waals surface area (Å²) in [6.07, 6.45) is 4.70. The first-order valence-corrected chi connectivity index (χ1v) is 2.95. The van der Waals surface area contributed by atoms with E-state index in [9.17, 15) is 0 Å². The van der Waals surface area contributed by atoms with Gasteiger partial charge in [-0.1, -0.05) is 13.0 Å². The van der Waals surface area contributed by atoms with E-state index in [0.29, 0.717) is 0 Å². The van der Waals surface area contributed by atoms with E-state index in [2.05, 4.69) is 13.5 Å². The van der Waals surface area contributed by atoms with Crippen LogP contribution in [0.15, 0.2) is 12.7 Å². The van der Waals surface area contributed by atoms with Crippen molar-refractivity contribution in [1.82, 2.24) is 0 Å². The van der Waals surface area contributed by atoms with Gasteiger partial charge in [0.2, 0.25) is 0 Å². The summed E-state index contributed by atoms with van der Waals surface area (Å²) in [5.41, 5.74) is 0. The van der Waals surface area contributed by atoms with Crippen LogP contribution in [0.3, 0.4) is 0 Å². The summed E-state index contributed by atoms with van der Waals surface area (Å²) in [5, 5.41) is 0. The van der Waals surface area contributed by atoms with Crippen LogP contribution in [0.5, 0.6) is 0 Å². The molecule has 7 heavy (non-hydrogen) atoms. The van der Waals surface area contributed by atoms with Gasteiger partial charge in [-0.25, -0.2) is 0 Å². The van der Waals surface area contributed by atoms with Crippen LogP contribution in [0.1, 0.15) is 19.8 Å². The maximum absolute atomic E-state index is 3.68. The van der Waals surface area contributed by atoms with Crippen LogP contribution < -0.4 is 0 Å². The Labute approximate surface area is 45.2 Å². The fourth-order valence-electron chi connectivity index (χ4n) is 0.942. The lowest BCUT2D eigenvalue weighted by Gasteiger charge is -1.82. The molecule has 0 N–H and O–H groups in total. The quantitative estimate of drug-likeness (QED) is 0.462. The number of allylic oxidation sites excluding steroid dienone is 1. The van der Waals surface area contributed by atoms with Crippen molar-refractivity contribution in [1.29, 1.82) is 0 Å². The van der Waals surface area contributed by atoms with Crippen molar-refractivity contribution in [2.45, 2.75) is 19.8 Å². The molecule has 1 saturated carbocycles. The fraction of sp³-hybridized carbons (Fsp3) is 0.714. The van der Waals surface area contributed by atoms with E-state index in [1.54, 1.807) is 0 Å². The monoisotopic (exact) mass is 96.1 g/mol. The van der Waals surface area contributed by atoms with E-state index >= 15 is 0 Å². The molecule has 0 bridgehead atoms. The van der Waals surface area contributed by atoms with Gasteiger partial charge < -0.3 is 0 Å². The van der Waals surface area contributed by atoms with Crippen LogP contribution in [0.4, 0.5) is 0 Å². The molecule has 0 aromatic heterocycles. The van der Waals surface area contributed by atoms with Gasteiger partial charge in [-0.3, -0.25) is 0 Å². The van der Waals surface area contributed by atoms with Gasteiger partial charge in [0.25, 0.3) is 0 Å². The first-order valence-electron chi connectivity index (χ1n) is 2.95. The van der Waals surface area contributed by atoms with Crippen molar-refractivity contribution in [2.24, 2.45) is 11.8 Å². The van der Waals surface area contributed by atoms with Crippen molar-refractivity contribution in [3.05, 3.63) is 12.7 Å². The lowest BCUT2D eigenvalue weighted by atomic mass is 10.2. The summed E-state index contributed by atoms with van der Waals surface area (Å²) in [7, 11) is 0. The minimum atomic E-state index is 0.998. The number of rotatable bonds is 2. The Morgan fingerprint density at radius 2 is 2.43 bits per heavy atom. The predicted molar refractivity (Wildman–Crippen MR) is 32.1 cm³/mol. The molecule has 0 aromatic carbocycles. The smallest absolute Gasteiger partial charge is 0.0322 e. The van der Waals surface area contributed by atoms with E-state index in [1.807, 2.05) is 6.08 Å². The zero-order chi connectivity index (χ0) is 5.28. The minimum Gasteiger partial charge on any atom is -0.103 e. The van der Waals surface area contributed by atoms with E-state index in [-0.39, 0.29) is 0 Å². The maximum atomic E-state index is 3.68. The van der Waals surface area contributed by atoms with Crippen LogP contribution in [0, 0.1) is 11.8 Å². The van der Waals surface area contributed by atoms with Crippen molar-refractivity contribution in [3.63, 3.8) is 0 Å². The molecule has 0 aromatic rings. The van der Waals surface area contributed by atoms with Crippen LogP contribution >= 0.6 is 0 Å². The van der Waals surface area contributed by atoms with Gasteiger partial charge in [0.05, 0.1) is 0 Å². The lowest BCUT2D eigenvalue weighted by molar-refractivity contribution is 0.767. The fourth-order valence-corrected chi connectivity index (χ4v) is 0.942. The van der Waals surface area contributed by atoms with Crippen molar-refractivity contribution in [2.75, 3.05) is 0 Å². The highest BCUT2D eigenvalue weighted by molar-refractivity contribution is 4.87. The third kappa shape index (κ3) is 1.05. The van der Waals surface area contributed by atoms with Crippen LogP contribution in [0.2, 0.25) is 0 Å². The Morgan fingerprint density at radius 3 is 2.57 bits per heavy atom. The van der Waals surface area contributed by atoms with E-state index in [4.69, 9.17) is 0 Å². The summed E-state index contributed by atoms with van der Waals surface area (Å²) < 4.78 is 0. The SMILES string of the molecule is C=CC[C@@H]1C[C@H]1C. The number of hydrogen-bond acceptors (Lipinski definition) is 0. The zero-order valence-corrected chi connectivity index (χ0v) is 4.85. The molecule has 0 unspecified atom stereocenters. The molecule has 1 fully saturated rings. The standard InChI is InChI=1S/C7H12/c1-3-4-7-5-6(7)2/h3,6-7H,1,4-5H2,2H3/t6-,7-/m1/s1. The van der Waals surface area contributed by atoms with Crippen molar-refractivity contribution >= 4 is 0 Å². The average molecular weight is 96.2 g/mol. The molecular formula is C7H12. The molecular weight excluding hydrogens is 84.1 g/mol. The number of hydrogen-bond donors (Lipinski definition) is 0. The van der Waals surface area contributed by atoms with Crippen LogP contribution in [-0.4, -0.2) is 0 Å². The topological polar surface area (TPSA) is 0 Å². The maximum Gasteiger partial charge on any atom is -0.0322 e. The Bertz CT molecular complexity index is 74.1. The van der Waals surface area contributed by atoms with Gasteiger partial charge in [-0.05, 0) is 24.7 Å². The Balaban J connectivity index is 2.08. The normalized spacial score (nSPS) is 37.9. The highest BCUT2D eigenvalue weighted by Crippen LogP contribution is 2.40. The summed E-state index contributed by atoms with van der Waals surface area (Å²) in [4.78, 5) is 0. The molecule has 0 radical (unpaired) electrons. The van der Waals surface area contributed by atoms with Gasteiger partial charge in [-0.15, -0.1) is 6.58 Å². The summed E-state index contributed by atoms with van der Waals surface area (Å²) in [6, 6.07) is 0. The van der Waals surface area contributed by atoms with Gasteiger partial charge in [0.15, 0.2) is 0 Å². The van der Waals surface area contributed by atoms with Gasteiger partial charge in [-0.2, -0.15) is 0 Å². The second-order valence-electron chi connectivity index (χ2n) is 2.50. The molecule has 2 atom stereocenters. The summed E-state index contributed by atoms with van der Waals surface area (Å²) >= 11 is 0. The van der Waals surface area contributed by atoms with Crippen molar-refractivity contribution < 1.29 is 0 Å². The molecule has 1 rings (SSSR count). The van der Waals surface area contributed by atoms with E-state index in [0.717, 1.165) is 11.8 Å². The largest absolute Gasteiger partial charge is 0.103 e. The molecule has 0 heteroatoms. The molecule has 1 aliphatic carbocycles. The molecule has 0 aliphatic heterocycles. The molecule has 0 saturated heterocycles. The molecule has 40 valence electrons. The lowest BCUT2D eigenvalue weighted by Crippen LogP contribution is -1.70. The van der Waals surface area contributed by atoms with Gasteiger partial charge >= 0.3 is 0 Å². The van der Waals surface area contributed by atoms with E-state index < -0.39 is 0 Å². The third-order valence-corrected chi connectivity index (χ3v) is 1.75. The van der Waals surface area contributed by atoms with Gasteiger partial charge in [0.1, 0.15) is 0 Å². The van der Waals surface area contributed by atoms with Crippen molar-refractivity contribution in [3.8, 4) is 0 Å².